The van der Waals surface area contributed by atoms with Crippen molar-refractivity contribution in [2.45, 2.75) is 32.6 Å². The van der Waals surface area contributed by atoms with Crippen molar-refractivity contribution in [3.63, 3.8) is 0 Å². The summed E-state index contributed by atoms with van der Waals surface area (Å²) in [6.07, 6.45) is 8.43. The van der Waals surface area contributed by atoms with Gasteiger partial charge in [0, 0.05) is 18.1 Å². The number of carbonyl (C=O) groups excluding carboxylic acids is 1. The normalized spacial score (nSPS) is 20.0. The number of nitrogens with zero attached hydrogens (tertiary/aromatic N) is 2. The molecule has 0 aliphatic heterocycles. The Kier molecular flexibility index (Phi) is 4.37. The third-order valence-electron chi connectivity index (χ3n) is 4.22. The molecule has 0 unspecified atom stereocenters. The lowest BCUT2D eigenvalue weighted by atomic mass is 9.89. The van der Waals surface area contributed by atoms with Crippen LogP contribution in [-0.4, -0.2) is 16.2 Å². The Balaban J connectivity index is 1.80. The van der Waals surface area contributed by atoms with E-state index in [0.29, 0.717) is 11.5 Å². The molecule has 0 saturated heterocycles. The monoisotopic (exact) mass is 295 g/mol. The van der Waals surface area contributed by atoms with Crippen LogP contribution in [0, 0.1) is 5.92 Å². The highest BCUT2D eigenvalue weighted by molar-refractivity contribution is 5.98. The van der Waals surface area contributed by atoms with E-state index in [1.165, 1.54) is 12.8 Å². The number of nitrogens with one attached hydrogen (secondary N) is 1. The van der Waals surface area contributed by atoms with Crippen LogP contribution in [0.25, 0.3) is 5.69 Å². The lowest BCUT2D eigenvalue weighted by Crippen LogP contribution is -2.25. The molecule has 1 amide bonds. The maximum Gasteiger partial charge on any atom is 0.273 e. The van der Waals surface area contributed by atoms with Crippen molar-refractivity contribution in [1.82, 2.24) is 9.99 Å². The molecule has 1 aliphatic rings. The Morgan fingerprint density at radius 2 is 1.95 bits per heavy atom. The molecule has 0 bridgehead atoms. The van der Waals surface area contributed by atoms with Gasteiger partial charge in [0.05, 0.1) is 11.3 Å². The number of aromatic nitrogens is 1. The third-order valence-corrected chi connectivity index (χ3v) is 4.22. The van der Waals surface area contributed by atoms with Crippen LogP contribution in [0.2, 0.25) is 0 Å². The summed E-state index contributed by atoms with van der Waals surface area (Å²) in [7, 11) is 0. The quantitative estimate of drug-likeness (QED) is 0.861. The van der Waals surface area contributed by atoms with E-state index in [4.69, 9.17) is 0 Å². The van der Waals surface area contributed by atoms with Crippen molar-refractivity contribution in [1.29, 1.82) is 0 Å². The molecular weight excluding hydrogens is 274 g/mol. The molecule has 3 rings (SSSR count). The molecule has 4 nitrogen and oxygen atoms in total. The Morgan fingerprint density at radius 1 is 1.18 bits per heavy atom. The first-order valence-electron chi connectivity index (χ1n) is 7.85. The van der Waals surface area contributed by atoms with Gasteiger partial charge in [-0.2, -0.15) is 5.10 Å². The van der Waals surface area contributed by atoms with Crippen molar-refractivity contribution in [2.75, 3.05) is 0 Å². The van der Waals surface area contributed by atoms with E-state index < -0.39 is 0 Å². The van der Waals surface area contributed by atoms with Crippen LogP contribution < -0.4 is 5.43 Å². The van der Waals surface area contributed by atoms with Gasteiger partial charge in [0.1, 0.15) is 0 Å². The number of para-hydroxylation sites is 1. The first kappa shape index (κ1) is 14.6. The predicted octanol–water partition coefficient (Wildman–Crippen LogP) is 3.77. The number of carbonyl (C=O) groups is 1. The molecule has 22 heavy (non-hydrogen) atoms. The van der Waals surface area contributed by atoms with E-state index in [9.17, 15) is 4.79 Å². The molecule has 4 heteroatoms. The van der Waals surface area contributed by atoms with Gasteiger partial charge >= 0.3 is 0 Å². The molecule has 0 radical (unpaired) electrons. The molecule has 114 valence electrons. The third kappa shape index (κ3) is 3.11. The summed E-state index contributed by atoms with van der Waals surface area (Å²) >= 11 is 0. The number of hydrogen-bond acceptors (Lipinski definition) is 2. The first-order chi connectivity index (χ1) is 10.8. The molecule has 1 atom stereocenters. The van der Waals surface area contributed by atoms with Gasteiger partial charge in [0.2, 0.25) is 0 Å². The van der Waals surface area contributed by atoms with E-state index in [1.54, 1.807) is 0 Å². The molecule has 1 N–H and O–H groups in total. The zero-order valence-electron chi connectivity index (χ0n) is 12.8. The van der Waals surface area contributed by atoms with Crippen molar-refractivity contribution in [3.05, 3.63) is 54.4 Å². The Morgan fingerprint density at radius 3 is 2.73 bits per heavy atom. The summed E-state index contributed by atoms with van der Waals surface area (Å²) in [5.74, 6) is 0.309. The van der Waals surface area contributed by atoms with Crippen molar-refractivity contribution >= 4 is 11.6 Å². The van der Waals surface area contributed by atoms with Gasteiger partial charge in [-0.05, 0) is 49.4 Å². The molecule has 1 heterocycles. The van der Waals surface area contributed by atoms with E-state index in [1.807, 2.05) is 53.4 Å². The lowest BCUT2D eigenvalue weighted by Gasteiger charge is -2.20. The average molecular weight is 295 g/mol. The highest BCUT2D eigenvalue weighted by atomic mass is 16.2. The van der Waals surface area contributed by atoms with E-state index in [0.717, 1.165) is 24.2 Å². The van der Waals surface area contributed by atoms with Crippen LogP contribution in [0.15, 0.2) is 53.9 Å². The molecule has 1 saturated carbocycles. The van der Waals surface area contributed by atoms with Crippen molar-refractivity contribution in [3.8, 4) is 5.69 Å². The van der Waals surface area contributed by atoms with Gasteiger partial charge in [0.25, 0.3) is 5.91 Å². The number of rotatable bonds is 3. The van der Waals surface area contributed by atoms with Gasteiger partial charge in [-0.15, -0.1) is 0 Å². The molecule has 1 aliphatic carbocycles. The van der Waals surface area contributed by atoms with Crippen LogP contribution in [0.4, 0.5) is 0 Å². The minimum Gasteiger partial charge on any atom is -0.323 e. The molecule has 1 aromatic heterocycles. The zero-order valence-corrected chi connectivity index (χ0v) is 12.8. The highest BCUT2D eigenvalue weighted by Crippen LogP contribution is 2.21. The van der Waals surface area contributed by atoms with Crippen LogP contribution in [0.1, 0.15) is 43.0 Å². The molecule has 1 fully saturated rings. The van der Waals surface area contributed by atoms with E-state index in [2.05, 4.69) is 17.5 Å². The highest BCUT2D eigenvalue weighted by Gasteiger charge is 2.17. The number of amides is 1. The van der Waals surface area contributed by atoms with Crippen molar-refractivity contribution in [2.24, 2.45) is 11.0 Å². The Labute approximate surface area is 130 Å². The van der Waals surface area contributed by atoms with Crippen LogP contribution >= 0.6 is 0 Å². The summed E-state index contributed by atoms with van der Waals surface area (Å²) in [6, 6.07) is 11.5. The summed E-state index contributed by atoms with van der Waals surface area (Å²) in [5.41, 5.74) is 5.34. The second-order valence-electron chi connectivity index (χ2n) is 5.80. The zero-order chi connectivity index (χ0) is 15.4. The second-order valence-corrected chi connectivity index (χ2v) is 5.80. The topological polar surface area (TPSA) is 46.4 Å². The van der Waals surface area contributed by atoms with Crippen molar-refractivity contribution < 1.29 is 4.79 Å². The van der Waals surface area contributed by atoms with E-state index >= 15 is 0 Å². The minimum absolute atomic E-state index is 0.158. The molecule has 2 aromatic rings. The van der Waals surface area contributed by atoms with Gasteiger partial charge in [-0.1, -0.05) is 25.5 Å². The standard InChI is InChI=1S/C18H21N3O/c1-14-8-2-4-10-16(14)19-20-18(22)15-9-3-5-11-17(15)21-12-6-7-13-21/h3,5-7,9,11-14H,2,4,8,10H2,1H3,(H,20,22)/t14-/m1/s1. The van der Waals surface area contributed by atoms with Gasteiger partial charge in [-0.3, -0.25) is 4.79 Å². The SMILES string of the molecule is C[C@@H]1CCCCC1=NNC(=O)c1ccccc1-n1cccc1. The summed E-state index contributed by atoms with van der Waals surface area (Å²) < 4.78 is 1.94. The number of hydrogen-bond donors (Lipinski definition) is 1. The molecule has 0 spiro atoms. The predicted molar refractivity (Wildman–Crippen MR) is 88.3 cm³/mol. The number of hydrazone groups is 1. The second kappa shape index (κ2) is 6.60. The summed E-state index contributed by atoms with van der Waals surface area (Å²) in [6.45, 7) is 2.18. The largest absolute Gasteiger partial charge is 0.323 e. The van der Waals surface area contributed by atoms with E-state index in [-0.39, 0.29) is 5.91 Å². The smallest absolute Gasteiger partial charge is 0.273 e. The summed E-state index contributed by atoms with van der Waals surface area (Å²) in [5, 5.41) is 4.37. The molecule has 1 aromatic carbocycles. The Hall–Kier alpha value is -2.36. The molecular formula is C18H21N3O. The maximum absolute atomic E-state index is 12.5. The lowest BCUT2D eigenvalue weighted by molar-refractivity contribution is 0.0954. The van der Waals surface area contributed by atoms with Gasteiger partial charge in [-0.25, -0.2) is 5.43 Å². The maximum atomic E-state index is 12.5. The van der Waals surface area contributed by atoms with Gasteiger partial charge in [0.15, 0.2) is 0 Å². The fraction of sp³-hybridized carbons (Fsp3) is 0.333. The fourth-order valence-electron chi connectivity index (χ4n) is 2.90. The van der Waals surface area contributed by atoms with Gasteiger partial charge < -0.3 is 4.57 Å². The number of benzene rings is 1. The fourth-order valence-corrected chi connectivity index (χ4v) is 2.90. The van der Waals surface area contributed by atoms with Crippen LogP contribution in [0.5, 0.6) is 0 Å². The average Bonchev–Trinajstić information content (AvgIpc) is 3.08. The first-order valence-corrected chi connectivity index (χ1v) is 7.85. The van der Waals surface area contributed by atoms with Crippen LogP contribution in [-0.2, 0) is 0 Å². The van der Waals surface area contributed by atoms with Crippen LogP contribution in [0.3, 0.4) is 0 Å². The minimum atomic E-state index is -0.158. The summed E-state index contributed by atoms with van der Waals surface area (Å²) in [4.78, 5) is 12.5. The Bertz CT molecular complexity index is 673.